The van der Waals surface area contributed by atoms with Crippen molar-refractivity contribution in [2.24, 2.45) is 5.73 Å². The summed E-state index contributed by atoms with van der Waals surface area (Å²) in [5, 5.41) is 0. The molecule has 3 nitrogen and oxygen atoms in total. The molecule has 1 unspecified atom stereocenters. The van der Waals surface area contributed by atoms with Gasteiger partial charge in [-0.15, -0.1) is 0 Å². The van der Waals surface area contributed by atoms with Gasteiger partial charge in [-0.3, -0.25) is 4.79 Å². The van der Waals surface area contributed by atoms with Crippen molar-refractivity contribution in [3.63, 3.8) is 0 Å². The Kier molecular flexibility index (Phi) is 3.76. The summed E-state index contributed by atoms with van der Waals surface area (Å²) in [6.45, 7) is 1.90. The number of nitrogens with zero attached hydrogens (tertiary/aromatic N) is 1. The maximum absolute atomic E-state index is 13.6. The van der Waals surface area contributed by atoms with Crippen LogP contribution >= 0.6 is 0 Å². The van der Waals surface area contributed by atoms with Gasteiger partial charge in [0.05, 0.1) is 6.04 Å². The molecule has 2 rings (SSSR count). The van der Waals surface area contributed by atoms with Crippen molar-refractivity contribution in [1.82, 2.24) is 4.57 Å². The smallest absolute Gasteiger partial charge is 0.250 e. The predicted octanol–water partition coefficient (Wildman–Crippen LogP) is 2.13. The topological polar surface area (TPSA) is 48.0 Å². The third kappa shape index (κ3) is 3.06. The third-order valence-corrected chi connectivity index (χ3v) is 2.90. The van der Waals surface area contributed by atoms with E-state index in [1.807, 2.05) is 0 Å². The number of nitrogens with two attached hydrogens (primary N) is 1. The molecule has 0 aliphatic carbocycles. The van der Waals surface area contributed by atoms with Crippen LogP contribution in [0.3, 0.4) is 0 Å². The first-order valence-electron chi connectivity index (χ1n) is 5.85. The molecule has 2 aromatic rings. The Labute approximate surface area is 109 Å². The van der Waals surface area contributed by atoms with E-state index in [2.05, 4.69) is 0 Å². The van der Waals surface area contributed by atoms with Crippen molar-refractivity contribution in [2.75, 3.05) is 0 Å². The Morgan fingerprint density at radius 1 is 1.26 bits per heavy atom. The number of rotatable bonds is 3. The number of benzene rings is 1. The summed E-state index contributed by atoms with van der Waals surface area (Å²) in [5.41, 5.74) is 6.52. The standard InChI is InChI=1S/C14H14F2N2O/c1-9-4-5-18(14(19)6-9)8-13(17)11-7-10(15)2-3-12(11)16/h2-7,13H,8,17H2,1H3. The van der Waals surface area contributed by atoms with Crippen LogP contribution in [0.15, 0.2) is 41.3 Å². The highest BCUT2D eigenvalue weighted by atomic mass is 19.1. The molecule has 0 saturated carbocycles. The Hall–Kier alpha value is -2.01. The molecule has 0 bridgehead atoms. The van der Waals surface area contributed by atoms with E-state index in [1.165, 1.54) is 10.6 Å². The third-order valence-electron chi connectivity index (χ3n) is 2.90. The molecule has 0 spiro atoms. The SMILES string of the molecule is Cc1ccn(CC(N)c2cc(F)ccc2F)c(=O)c1. The van der Waals surface area contributed by atoms with Crippen LogP contribution in [-0.4, -0.2) is 4.57 Å². The molecule has 1 aromatic carbocycles. The zero-order valence-corrected chi connectivity index (χ0v) is 10.4. The summed E-state index contributed by atoms with van der Waals surface area (Å²) in [5.74, 6) is -1.13. The Morgan fingerprint density at radius 3 is 2.68 bits per heavy atom. The summed E-state index contributed by atoms with van der Waals surface area (Å²) in [4.78, 5) is 11.7. The molecule has 1 atom stereocenters. The van der Waals surface area contributed by atoms with Crippen molar-refractivity contribution in [3.05, 3.63) is 69.6 Å². The molecule has 100 valence electrons. The van der Waals surface area contributed by atoms with Crippen molar-refractivity contribution in [3.8, 4) is 0 Å². The van der Waals surface area contributed by atoms with E-state index in [-0.39, 0.29) is 17.7 Å². The van der Waals surface area contributed by atoms with E-state index >= 15 is 0 Å². The fourth-order valence-corrected chi connectivity index (χ4v) is 1.87. The lowest BCUT2D eigenvalue weighted by Crippen LogP contribution is -2.26. The Balaban J connectivity index is 2.28. The largest absolute Gasteiger partial charge is 0.322 e. The quantitative estimate of drug-likeness (QED) is 0.923. The summed E-state index contributed by atoms with van der Waals surface area (Å²) >= 11 is 0. The molecule has 0 aliphatic rings. The van der Waals surface area contributed by atoms with Crippen molar-refractivity contribution in [2.45, 2.75) is 19.5 Å². The van der Waals surface area contributed by atoms with Gasteiger partial charge in [-0.05, 0) is 36.8 Å². The molecule has 1 heterocycles. The van der Waals surface area contributed by atoms with E-state index in [0.29, 0.717) is 0 Å². The minimum Gasteiger partial charge on any atom is -0.322 e. The lowest BCUT2D eigenvalue weighted by Gasteiger charge is -2.15. The highest BCUT2D eigenvalue weighted by Gasteiger charge is 2.13. The van der Waals surface area contributed by atoms with E-state index in [4.69, 9.17) is 5.73 Å². The lowest BCUT2D eigenvalue weighted by atomic mass is 10.1. The van der Waals surface area contributed by atoms with Gasteiger partial charge in [0, 0.05) is 24.4 Å². The average Bonchev–Trinajstić information content (AvgIpc) is 2.35. The number of halogens is 2. The molecule has 0 amide bonds. The molecule has 0 aliphatic heterocycles. The van der Waals surface area contributed by atoms with Crippen molar-refractivity contribution >= 4 is 0 Å². The summed E-state index contributed by atoms with van der Waals surface area (Å²) in [6.07, 6.45) is 1.59. The zero-order valence-electron chi connectivity index (χ0n) is 10.4. The highest BCUT2D eigenvalue weighted by molar-refractivity contribution is 5.22. The number of aryl methyl sites for hydroxylation is 1. The first kappa shape index (κ1) is 13.4. The number of aromatic nitrogens is 1. The maximum Gasteiger partial charge on any atom is 0.250 e. The predicted molar refractivity (Wildman–Crippen MR) is 68.7 cm³/mol. The van der Waals surface area contributed by atoms with E-state index in [9.17, 15) is 13.6 Å². The number of pyridine rings is 1. The van der Waals surface area contributed by atoms with Crippen LogP contribution in [0, 0.1) is 18.6 Å². The van der Waals surface area contributed by atoms with Crippen molar-refractivity contribution in [1.29, 1.82) is 0 Å². The van der Waals surface area contributed by atoms with Gasteiger partial charge in [-0.2, -0.15) is 0 Å². The normalized spacial score (nSPS) is 12.4. The number of hydrogen-bond acceptors (Lipinski definition) is 2. The van der Waals surface area contributed by atoms with Crippen LogP contribution in [-0.2, 0) is 6.54 Å². The van der Waals surface area contributed by atoms with Gasteiger partial charge < -0.3 is 10.3 Å². The minimum absolute atomic E-state index is 0.0625. The molecule has 2 N–H and O–H groups in total. The second-order valence-electron chi connectivity index (χ2n) is 4.47. The molecule has 19 heavy (non-hydrogen) atoms. The van der Waals surface area contributed by atoms with E-state index in [0.717, 1.165) is 23.8 Å². The molecular weight excluding hydrogens is 250 g/mol. The maximum atomic E-state index is 13.6. The van der Waals surface area contributed by atoms with Gasteiger partial charge in [0.2, 0.25) is 0 Å². The van der Waals surface area contributed by atoms with E-state index in [1.54, 1.807) is 19.2 Å². The molecule has 0 fully saturated rings. The van der Waals surface area contributed by atoms with Gasteiger partial charge in [0.15, 0.2) is 0 Å². The van der Waals surface area contributed by atoms with Crippen LogP contribution in [0.2, 0.25) is 0 Å². The van der Waals surface area contributed by atoms with Crippen LogP contribution in [0.25, 0.3) is 0 Å². The molecule has 5 heteroatoms. The summed E-state index contributed by atoms with van der Waals surface area (Å²) in [6, 6.07) is 5.56. The van der Waals surface area contributed by atoms with E-state index < -0.39 is 17.7 Å². The number of hydrogen-bond donors (Lipinski definition) is 1. The highest BCUT2D eigenvalue weighted by Crippen LogP contribution is 2.17. The first-order valence-corrected chi connectivity index (χ1v) is 5.85. The summed E-state index contributed by atoms with van der Waals surface area (Å²) < 4.78 is 28.0. The molecule has 1 aromatic heterocycles. The van der Waals surface area contributed by atoms with Crippen LogP contribution in [0.4, 0.5) is 8.78 Å². The fourth-order valence-electron chi connectivity index (χ4n) is 1.87. The van der Waals surface area contributed by atoms with Crippen LogP contribution in [0.1, 0.15) is 17.2 Å². The van der Waals surface area contributed by atoms with Crippen LogP contribution in [0.5, 0.6) is 0 Å². The minimum atomic E-state index is -0.781. The Bertz CT molecular complexity index is 652. The monoisotopic (exact) mass is 264 g/mol. The van der Waals surface area contributed by atoms with Gasteiger partial charge in [0.1, 0.15) is 11.6 Å². The second kappa shape index (κ2) is 5.32. The van der Waals surface area contributed by atoms with Gasteiger partial charge in [-0.25, -0.2) is 8.78 Å². The first-order chi connectivity index (χ1) is 8.97. The lowest BCUT2D eigenvalue weighted by molar-refractivity contribution is 0.515. The fraction of sp³-hybridized carbons (Fsp3) is 0.214. The van der Waals surface area contributed by atoms with Crippen LogP contribution < -0.4 is 11.3 Å². The zero-order chi connectivity index (χ0) is 14.0. The van der Waals surface area contributed by atoms with Crippen molar-refractivity contribution < 1.29 is 8.78 Å². The average molecular weight is 264 g/mol. The Morgan fingerprint density at radius 2 is 2.00 bits per heavy atom. The molecule has 0 radical (unpaired) electrons. The van der Waals surface area contributed by atoms with Gasteiger partial charge >= 0.3 is 0 Å². The van der Waals surface area contributed by atoms with Gasteiger partial charge in [0.25, 0.3) is 5.56 Å². The molecular formula is C14H14F2N2O. The molecule has 0 saturated heterocycles. The van der Waals surface area contributed by atoms with Gasteiger partial charge in [-0.1, -0.05) is 0 Å². The summed E-state index contributed by atoms with van der Waals surface area (Å²) in [7, 11) is 0. The second-order valence-corrected chi connectivity index (χ2v) is 4.47.